The lowest BCUT2D eigenvalue weighted by molar-refractivity contribution is 0.0696. The van der Waals surface area contributed by atoms with Crippen LogP contribution in [0.25, 0.3) is 10.8 Å². The number of ether oxygens (including phenoxy) is 1. The third kappa shape index (κ3) is 3.80. The molecular weight excluding hydrogens is 264 g/mol. The molecule has 21 heavy (non-hydrogen) atoms. The number of carbonyl (C=O) groups is 1. The highest BCUT2D eigenvalue weighted by Crippen LogP contribution is 2.20. The van der Waals surface area contributed by atoms with Crippen LogP contribution in [0.15, 0.2) is 42.5 Å². The van der Waals surface area contributed by atoms with Crippen molar-refractivity contribution >= 4 is 16.7 Å². The Morgan fingerprint density at radius 1 is 1.14 bits per heavy atom. The molecule has 2 aromatic carbocycles. The number of amides is 1. The molecule has 0 heterocycles. The van der Waals surface area contributed by atoms with Crippen molar-refractivity contribution < 1.29 is 9.53 Å². The first-order valence-corrected chi connectivity index (χ1v) is 7.24. The van der Waals surface area contributed by atoms with E-state index in [2.05, 4.69) is 0 Å². The number of fused-ring (bicyclic) bond motifs is 1. The van der Waals surface area contributed by atoms with E-state index in [0.717, 1.165) is 22.8 Å². The maximum atomic E-state index is 12.8. The van der Waals surface area contributed by atoms with Gasteiger partial charge in [-0.25, -0.2) is 0 Å². The molecule has 2 aromatic rings. The molecule has 0 aliphatic rings. The Morgan fingerprint density at radius 3 is 2.67 bits per heavy atom. The van der Waals surface area contributed by atoms with Gasteiger partial charge in [0, 0.05) is 25.8 Å². The Kier molecular flexibility index (Phi) is 5.72. The second-order valence-corrected chi connectivity index (χ2v) is 4.95. The second kappa shape index (κ2) is 7.76. The van der Waals surface area contributed by atoms with E-state index in [4.69, 9.17) is 10.5 Å². The van der Waals surface area contributed by atoms with Crippen molar-refractivity contribution in [3.8, 4) is 0 Å². The van der Waals surface area contributed by atoms with Gasteiger partial charge in [0.25, 0.3) is 5.91 Å². The van der Waals surface area contributed by atoms with Gasteiger partial charge in [-0.1, -0.05) is 36.4 Å². The minimum absolute atomic E-state index is 0.0392. The fourth-order valence-corrected chi connectivity index (χ4v) is 2.38. The Morgan fingerprint density at radius 2 is 1.90 bits per heavy atom. The van der Waals surface area contributed by atoms with E-state index < -0.39 is 0 Å². The number of rotatable bonds is 7. The molecule has 0 radical (unpaired) electrons. The number of nitrogens with zero attached hydrogens (tertiary/aromatic N) is 1. The van der Waals surface area contributed by atoms with Crippen LogP contribution in [0.2, 0.25) is 0 Å². The van der Waals surface area contributed by atoms with Crippen LogP contribution in [0.5, 0.6) is 0 Å². The van der Waals surface area contributed by atoms with Crippen LogP contribution < -0.4 is 5.73 Å². The lowest BCUT2D eigenvalue weighted by Gasteiger charge is -2.23. The summed E-state index contributed by atoms with van der Waals surface area (Å²) >= 11 is 0. The number of carbonyl (C=O) groups excluding carboxylic acids is 1. The molecule has 112 valence electrons. The van der Waals surface area contributed by atoms with Crippen molar-refractivity contribution in [2.75, 3.05) is 33.4 Å². The van der Waals surface area contributed by atoms with Crippen LogP contribution in [-0.2, 0) is 4.74 Å². The highest BCUT2D eigenvalue weighted by molar-refractivity contribution is 6.07. The van der Waals surface area contributed by atoms with Gasteiger partial charge in [0.15, 0.2) is 0 Å². The molecule has 0 saturated heterocycles. The van der Waals surface area contributed by atoms with Crippen molar-refractivity contribution in [2.24, 2.45) is 5.73 Å². The number of benzene rings is 2. The zero-order valence-corrected chi connectivity index (χ0v) is 12.4. The van der Waals surface area contributed by atoms with Crippen LogP contribution in [-0.4, -0.2) is 44.2 Å². The van der Waals surface area contributed by atoms with Crippen LogP contribution in [0.3, 0.4) is 0 Å². The van der Waals surface area contributed by atoms with Gasteiger partial charge >= 0.3 is 0 Å². The predicted molar refractivity (Wildman–Crippen MR) is 85.4 cm³/mol. The van der Waals surface area contributed by atoms with E-state index in [9.17, 15) is 4.79 Å². The molecule has 0 bridgehead atoms. The standard InChI is InChI=1S/C17H22N2O2/c1-21-13-12-19(11-5-10-18)17(20)16-9-4-7-14-6-2-3-8-15(14)16/h2-4,6-9H,5,10-13,18H2,1H3. The van der Waals surface area contributed by atoms with Crippen molar-refractivity contribution in [1.29, 1.82) is 0 Å². The topological polar surface area (TPSA) is 55.6 Å². The predicted octanol–water partition coefficient (Wildman–Crippen LogP) is 2.28. The highest BCUT2D eigenvalue weighted by Gasteiger charge is 2.17. The summed E-state index contributed by atoms with van der Waals surface area (Å²) in [4.78, 5) is 14.6. The summed E-state index contributed by atoms with van der Waals surface area (Å²) in [5.41, 5.74) is 6.30. The molecule has 0 atom stereocenters. The van der Waals surface area contributed by atoms with Crippen LogP contribution in [0, 0.1) is 0 Å². The maximum absolute atomic E-state index is 12.8. The molecule has 4 heteroatoms. The molecule has 4 nitrogen and oxygen atoms in total. The first-order valence-electron chi connectivity index (χ1n) is 7.24. The molecule has 2 rings (SSSR count). The summed E-state index contributed by atoms with van der Waals surface area (Å²) in [7, 11) is 1.64. The van der Waals surface area contributed by atoms with Gasteiger partial charge in [-0.2, -0.15) is 0 Å². The van der Waals surface area contributed by atoms with E-state index >= 15 is 0 Å². The molecule has 0 aromatic heterocycles. The Labute approximate surface area is 125 Å². The van der Waals surface area contributed by atoms with Crippen molar-refractivity contribution in [2.45, 2.75) is 6.42 Å². The molecule has 0 spiro atoms. The number of hydrogen-bond acceptors (Lipinski definition) is 3. The zero-order valence-electron chi connectivity index (χ0n) is 12.4. The molecule has 1 amide bonds. The van der Waals surface area contributed by atoms with Gasteiger partial charge in [-0.3, -0.25) is 4.79 Å². The maximum Gasteiger partial charge on any atom is 0.254 e. The highest BCUT2D eigenvalue weighted by atomic mass is 16.5. The fraction of sp³-hybridized carbons (Fsp3) is 0.353. The van der Waals surface area contributed by atoms with Gasteiger partial charge < -0.3 is 15.4 Å². The van der Waals surface area contributed by atoms with E-state index in [0.29, 0.717) is 26.2 Å². The second-order valence-electron chi connectivity index (χ2n) is 4.95. The molecule has 0 aliphatic carbocycles. The fourth-order valence-electron chi connectivity index (χ4n) is 2.38. The van der Waals surface area contributed by atoms with E-state index in [1.165, 1.54) is 0 Å². The van der Waals surface area contributed by atoms with Gasteiger partial charge in [0.05, 0.1) is 6.61 Å². The van der Waals surface area contributed by atoms with Gasteiger partial charge in [0.1, 0.15) is 0 Å². The zero-order chi connectivity index (χ0) is 15.1. The number of methoxy groups -OCH3 is 1. The average molecular weight is 286 g/mol. The lowest BCUT2D eigenvalue weighted by atomic mass is 10.0. The summed E-state index contributed by atoms with van der Waals surface area (Å²) in [5, 5.41) is 2.06. The average Bonchev–Trinajstić information content (AvgIpc) is 2.54. The Hall–Kier alpha value is -1.91. The minimum atomic E-state index is 0.0392. The molecule has 0 fully saturated rings. The quantitative estimate of drug-likeness (QED) is 0.849. The number of hydrogen-bond donors (Lipinski definition) is 1. The SMILES string of the molecule is COCCN(CCCN)C(=O)c1cccc2ccccc12. The van der Waals surface area contributed by atoms with Gasteiger partial charge in [-0.05, 0) is 29.8 Å². The molecular formula is C17H22N2O2. The lowest BCUT2D eigenvalue weighted by Crippen LogP contribution is -2.35. The van der Waals surface area contributed by atoms with E-state index in [1.54, 1.807) is 7.11 Å². The summed E-state index contributed by atoms with van der Waals surface area (Å²) in [5.74, 6) is 0.0392. The van der Waals surface area contributed by atoms with Crippen molar-refractivity contribution in [1.82, 2.24) is 4.90 Å². The Balaban J connectivity index is 2.29. The van der Waals surface area contributed by atoms with E-state index in [1.807, 2.05) is 47.4 Å². The molecule has 0 saturated carbocycles. The largest absolute Gasteiger partial charge is 0.383 e. The third-order valence-corrected chi connectivity index (χ3v) is 3.50. The van der Waals surface area contributed by atoms with Crippen LogP contribution in [0.1, 0.15) is 16.8 Å². The molecule has 0 unspecified atom stereocenters. The van der Waals surface area contributed by atoms with Crippen LogP contribution >= 0.6 is 0 Å². The third-order valence-electron chi connectivity index (χ3n) is 3.50. The van der Waals surface area contributed by atoms with Gasteiger partial charge in [-0.15, -0.1) is 0 Å². The van der Waals surface area contributed by atoms with Crippen molar-refractivity contribution in [3.63, 3.8) is 0 Å². The van der Waals surface area contributed by atoms with Gasteiger partial charge in [0.2, 0.25) is 0 Å². The van der Waals surface area contributed by atoms with Crippen molar-refractivity contribution in [3.05, 3.63) is 48.0 Å². The van der Waals surface area contributed by atoms with E-state index in [-0.39, 0.29) is 5.91 Å². The monoisotopic (exact) mass is 286 g/mol. The molecule has 0 aliphatic heterocycles. The Bertz CT molecular complexity index is 585. The summed E-state index contributed by atoms with van der Waals surface area (Å²) < 4.78 is 5.10. The molecule has 2 N–H and O–H groups in total. The summed E-state index contributed by atoms with van der Waals surface area (Å²) in [6.07, 6.45) is 0.792. The smallest absolute Gasteiger partial charge is 0.254 e. The summed E-state index contributed by atoms with van der Waals surface area (Å²) in [6, 6.07) is 13.8. The number of nitrogens with two attached hydrogens (primary N) is 1. The minimum Gasteiger partial charge on any atom is -0.383 e. The van der Waals surface area contributed by atoms with Crippen LogP contribution in [0.4, 0.5) is 0 Å². The summed E-state index contributed by atoms with van der Waals surface area (Å²) in [6.45, 7) is 2.34. The first kappa shape index (κ1) is 15.5. The normalized spacial score (nSPS) is 10.8. The first-order chi connectivity index (χ1) is 10.3.